The van der Waals surface area contributed by atoms with E-state index in [1.165, 1.54) is 18.5 Å². The number of hydrogen-bond acceptors (Lipinski definition) is 6. The average Bonchev–Trinajstić information content (AvgIpc) is 2.82. The summed E-state index contributed by atoms with van der Waals surface area (Å²) in [6, 6.07) is 6.09. The van der Waals surface area contributed by atoms with E-state index >= 15 is 0 Å². The lowest BCUT2D eigenvalue weighted by Crippen LogP contribution is -2.26. The van der Waals surface area contributed by atoms with Gasteiger partial charge in [0.2, 0.25) is 16.4 Å². The van der Waals surface area contributed by atoms with Crippen molar-refractivity contribution in [3.05, 3.63) is 36.5 Å². The number of anilines is 1. The zero-order chi connectivity index (χ0) is 13.0. The van der Waals surface area contributed by atoms with E-state index in [1.54, 1.807) is 12.1 Å². The minimum absolute atomic E-state index is 0.135. The summed E-state index contributed by atoms with van der Waals surface area (Å²) in [5.41, 5.74) is 5.94. The molecule has 0 aliphatic heterocycles. The van der Waals surface area contributed by atoms with Crippen LogP contribution in [0.3, 0.4) is 0 Å². The third-order valence-electron chi connectivity index (χ3n) is 2.22. The molecule has 0 unspecified atom stereocenters. The standard InChI is InChI=1S/C10H12N4O3S/c11-8-2-1-3-9(6-8)18(15,16)13-5-4-10-12-7-17-14-10/h1-3,6-7,13H,4-5,11H2. The molecule has 18 heavy (non-hydrogen) atoms. The Hall–Kier alpha value is -1.93. The van der Waals surface area contributed by atoms with Gasteiger partial charge in [-0.15, -0.1) is 0 Å². The van der Waals surface area contributed by atoms with Crippen molar-refractivity contribution in [1.29, 1.82) is 0 Å². The van der Waals surface area contributed by atoms with Gasteiger partial charge in [-0.1, -0.05) is 11.2 Å². The maximum absolute atomic E-state index is 11.9. The van der Waals surface area contributed by atoms with Gasteiger partial charge in [0.05, 0.1) is 4.90 Å². The van der Waals surface area contributed by atoms with Crippen molar-refractivity contribution in [3.63, 3.8) is 0 Å². The molecule has 0 radical (unpaired) electrons. The maximum atomic E-state index is 11.9. The lowest BCUT2D eigenvalue weighted by atomic mass is 10.3. The Morgan fingerprint density at radius 1 is 1.39 bits per heavy atom. The van der Waals surface area contributed by atoms with Crippen LogP contribution in [0.4, 0.5) is 5.69 Å². The van der Waals surface area contributed by atoms with Crippen LogP contribution in [-0.4, -0.2) is 25.1 Å². The molecule has 1 aromatic heterocycles. The van der Waals surface area contributed by atoms with Gasteiger partial charge in [0.1, 0.15) is 0 Å². The molecular formula is C10H12N4O3S. The molecule has 3 N–H and O–H groups in total. The molecule has 0 spiro atoms. The van der Waals surface area contributed by atoms with Gasteiger partial charge in [-0.3, -0.25) is 0 Å². The summed E-state index contributed by atoms with van der Waals surface area (Å²) in [5, 5.41) is 3.58. The number of nitrogens with zero attached hydrogens (tertiary/aromatic N) is 2. The number of aromatic nitrogens is 2. The van der Waals surface area contributed by atoms with Gasteiger partial charge in [-0.05, 0) is 18.2 Å². The highest BCUT2D eigenvalue weighted by Crippen LogP contribution is 2.12. The first-order valence-corrected chi connectivity index (χ1v) is 6.67. The van der Waals surface area contributed by atoms with Crippen molar-refractivity contribution in [3.8, 4) is 0 Å². The summed E-state index contributed by atoms with van der Waals surface area (Å²) < 4.78 is 30.7. The molecule has 0 saturated carbocycles. The maximum Gasteiger partial charge on any atom is 0.240 e. The molecule has 7 nitrogen and oxygen atoms in total. The highest BCUT2D eigenvalue weighted by molar-refractivity contribution is 7.89. The summed E-state index contributed by atoms with van der Waals surface area (Å²) >= 11 is 0. The molecule has 2 aromatic rings. The quantitative estimate of drug-likeness (QED) is 0.748. The largest absolute Gasteiger partial charge is 0.399 e. The van der Waals surface area contributed by atoms with E-state index in [0.29, 0.717) is 17.9 Å². The fourth-order valence-electron chi connectivity index (χ4n) is 1.36. The molecule has 0 amide bonds. The minimum Gasteiger partial charge on any atom is -0.399 e. The van der Waals surface area contributed by atoms with Crippen molar-refractivity contribution in [1.82, 2.24) is 14.9 Å². The highest BCUT2D eigenvalue weighted by Gasteiger charge is 2.13. The predicted octanol–water partition coefficient (Wildman–Crippen LogP) is 0.173. The Morgan fingerprint density at radius 3 is 2.89 bits per heavy atom. The lowest BCUT2D eigenvalue weighted by Gasteiger charge is -2.05. The number of rotatable bonds is 5. The van der Waals surface area contributed by atoms with Crippen LogP contribution in [0, 0.1) is 0 Å². The summed E-state index contributed by atoms with van der Waals surface area (Å²) in [5.74, 6) is 0.449. The van der Waals surface area contributed by atoms with Crippen LogP contribution in [0.1, 0.15) is 5.82 Å². The van der Waals surface area contributed by atoms with Crippen molar-refractivity contribution in [2.45, 2.75) is 11.3 Å². The van der Waals surface area contributed by atoms with E-state index in [-0.39, 0.29) is 11.4 Å². The van der Waals surface area contributed by atoms with E-state index in [1.807, 2.05) is 0 Å². The van der Waals surface area contributed by atoms with Gasteiger partial charge in [-0.2, -0.15) is 4.98 Å². The number of benzene rings is 1. The van der Waals surface area contributed by atoms with E-state index in [4.69, 9.17) is 5.73 Å². The first kappa shape index (κ1) is 12.5. The van der Waals surface area contributed by atoms with E-state index in [2.05, 4.69) is 19.4 Å². The van der Waals surface area contributed by atoms with E-state index in [0.717, 1.165) is 0 Å². The summed E-state index contributed by atoms with van der Waals surface area (Å²) in [7, 11) is -3.55. The SMILES string of the molecule is Nc1cccc(S(=O)(=O)NCCc2ncon2)c1. The number of nitrogen functional groups attached to an aromatic ring is 1. The van der Waals surface area contributed by atoms with Crippen molar-refractivity contribution in [2.24, 2.45) is 0 Å². The number of nitrogens with one attached hydrogen (secondary N) is 1. The van der Waals surface area contributed by atoms with Crippen LogP contribution in [-0.2, 0) is 16.4 Å². The van der Waals surface area contributed by atoms with Crippen LogP contribution in [0.2, 0.25) is 0 Å². The fourth-order valence-corrected chi connectivity index (χ4v) is 2.45. The van der Waals surface area contributed by atoms with Crippen LogP contribution < -0.4 is 10.5 Å². The molecule has 2 rings (SSSR count). The molecule has 1 heterocycles. The number of sulfonamides is 1. The normalized spacial score (nSPS) is 11.6. The minimum atomic E-state index is -3.55. The zero-order valence-electron chi connectivity index (χ0n) is 9.41. The Morgan fingerprint density at radius 2 is 2.22 bits per heavy atom. The van der Waals surface area contributed by atoms with Gasteiger partial charge in [0.25, 0.3) is 0 Å². The highest BCUT2D eigenvalue weighted by atomic mass is 32.2. The lowest BCUT2D eigenvalue weighted by molar-refractivity contribution is 0.410. The van der Waals surface area contributed by atoms with Gasteiger partial charge < -0.3 is 10.3 Å². The predicted molar refractivity (Wildman–Crippen MR) is 64.0 cm³/mol. The van der Waals surface area contributed by atoms with Crippen LogP contribution in [0.15, 0.2) is 40.1 Å². The second-order valence-electron chi connectivity index (χ2n) is 3.57. The van der Waals surface area contributed by atoms with Gasteiger partial charge >= 0.3 is 0 Å². The molecule has 0 fully saturated rings. The second-order valence-corrected chi connectivity index (χ2v) is 5.33. The van der Waals surface area contributed by atoms with Gasteiger partial charge in [0.15, 0.2) is 5.82 Å². The second kappa shape index (κ2) is 5.15. The molecule has 0 bridgehead atoms. The third-order valence-corrected chi connectivity index (χ3v) is 3.67. The van der Waals surface area contributed by atoms with Crippen molar-refractivity contribution >= 4 is 15.7 Å². The van der Waals surface area contributed by atoms with E-state index in [9.17, 15) is 8.42 Å². The van der Waals surface area contributed by atoms with Crippen LogP contribution >= 0.6 is 0 Å². The van der Waals surface area contributed by atoms with Gasteiger partial charge in [0, 0.05) is 18.7 Å². The molecule has 0 aliphatic rings. The molecule has 96 valence electrons. The van der Waals surface area contributed by atoms with Crippen LogP contribution in [0.25, 0.3) is 0 Å². The Kier molecular flexibility index (Phi) is 3.58. The fraction of sp³-hybridized carbons (Fsp3) is 0.200. The molecule has 0 atom stereocenters. The van der Waals surface area contributed by atoms with Crippen molar-refractivity contribution in [2.75, 3.05) is 12.3 Å². The Balaban J connectivity index is 1.99. The average molecular weight is 268 g/mol. The summed E-state index contributed by atoms with van der Waals surface area (Å²) in [6.07, 6.45) is 1.56. The number of nitrogens with two attached hydrogens (primary N) is 1. The monoisotopic (exact) mass is 268 g/mol. The molecule has 8 heteroatoms. The third kappa shape index (κ3) is 3.05. The molecule has 1 aromatic carbocycles. The van der Waals surface area contributed by atoms with Crippen molar-refractivity contribution < 1.29 is 12.9 Å². The Bertz CT molecular complexity index is 610. The molecule has 0 saturated heterocycles. The van der Waals surface area contributed by atoms with Crippen LogP contribution in [0.5, 0.6) is 0 Å². The van der Waals surface area contributed by atoms with E-state index < -0.39 is 10.0 Å². The summed E-state index contributed by atoms with van der Waals surface area (Å²) in [6.45, 7) is 0.191. The number of hydrogen-bond donors (Lipinski definition) is 2. The summed E-state index contributed by atoms with van der Waals surface area (Å²) in [4.78, 5) is 3.92. The molecule has 0 aliphatic carbocycles. The Labute approximate surface area is 104 Å². The molecular weight excluding hydrogens is 256 g/mol. The topological polar surface area (TPSA) is 111 Å². The first-order valence-electron chi connectivity index (χ1n) is 5.18. The zero-order valence-corrected chi connectivity index (χ0v) is 10.2. The smallest absolute Gasteiger partial charge is 0.240 e. The van der Waals surface area contributed by atoms with Gasteiger partial charge in [-0.25, -0.2) is 13.1 Å². The first-order chi connectivity index (χ1) is 8.58.